The van der Waals surface area contributed by atoms with Gasteiger partial charge in [-0.15, -0.1) is 0 Å². The van der Waals surface area contributed by atoms with E-state index in [9.17, 15) is 13.2 Å². The molecule has 24 heavy (non-hydrogen) atoms. The first-order valence-corrected chi connectivity index (χ1v) is 10.1. The third-order valence-electron chi connectivity index (χ3n) is 4.12. The molecule has 0 unspecified atom stereocenters. The van der Waals surface area contributed by atoms with Crippen LogP contribution in [0.5, 0.6) is 5.75 Å². The van der Waals surface area contributed by atoms with Crippen molar-refractivity contribution in [2.24, 2.45) is 0 Å². The Balaban J connectivity index is 2.43. The van der Waals surface area contributed by atoms with Crippen LogP contribution < -0.4 is 9.04 Å². The third kappa shape index (κ3) is 3.95. The smallest absolute Gasteiger partial charge is 0.246 e. The molecule has 0 aliphatic carbocycles. The zero-order chi connectivity index (χ0) is 17.9. The number of benzene rings is 1. The van der Waals surface area contributed by atoms with Crippen molar-refractivity contribution in [1.29, 1.82) is 0 Å². The number of likely N-dealkylation sites (tertiary alicyclic amines) is 1. The van der Waals surface area contributed by atoms with Crippen molar-refractivity contribution in [2.45, 2.75) is 32.2 Å². The lowest BCUT2D eigenvalue weighted by atomic mass is 10.1. The van der Waals surface area contributed by atoms with Crippen molar-refractivity contribution in [2.75, 3.05) is 30.8 Å². The average Bonchev–Trinajstić information content (AvgIpc) is 3.05. The van der Waals surface area contributed by atoms with Gasteiger partial charge in [0.1, 0.15) is 11.8 Å². The summed E-state index contributed by atoms with van der Waals surface area (Å²) >= 11 is 6.14. The number of rotatable bonds is 6. The van der Waals surface area contributed by atoms with Crippen LogP contribution in [-0.2, 0) is 14.8 Å². The van der Waals surface area contributed by atoms with Crippen molar-refractivity contribution < 1.29 is 17.9 Å². The number of carbonyl (C=O) groups is 1. The Morgan fingerprint density at radius 3 is 2.46 bits per heavy atom. The number of sulfonamides is 1. The topological polar surface area (TPSA) is 66.9 Å². The Bertz CT molecular complexity index is 702. The molecule has 1 atom stereocenters. The number of amides is 1. The highest BCUT2D eigenvalue weighted by molar-refractivity contribution is 7.92. The van der Waals surface area contributed by atoms with Gasteiger partial charge in [-0.3, -0.25) is 9.10 Å². The predicted octanol–water partition coefficient (Wildman–Crippen LogP) is 2.52. The maximum atomic E-state index is 12.8. The summed E-state index contributed by atoms with van der Waals surface area (Å²) in [6.45, 7) is 3.16. The SMILES string of the molecule is CC[C@@H](C(=O)N1CCCC1)N(c1ccc(OC)c(Cl)c1)S(C)(=O)=O. The molecule has 1 fully saturated rings. The number of hydrogen-bond donors (Lipinski definition) is 0. The molecule has 1 aromatic rings. The van der Waals surface area contributed by atoms with E-state index in [1.807, 2.05) is 6.92 Å². The lowest BCUT2D eigenvalue weighted by molar-refractivity contribution is -0.131. The van der Waals surface area contributed by atoms with Gasteiger partial charge in [-0.2, -0.15) is 0 Å². The number of halogens is 1. The zero-order valence-electron chi connectivity index (χ0n) is 14.2. The van der Waals surface area contributed by atoms with Crippen LogP contribution in [0.2, 0.25) is 5.02 Å². The number of ether oxygens (including phenoxy) is 1. The Kier molecular flexibility index (Phi) is 5.98. The van der Waals surface area contributed by atoms with Crippen molar-refractivity contribution in [1.82, 2.24) is 4.90 Å². The lowest BCUT2D eigenvalue weighted by Crippen LogP contribution is -2.50. The maximum absolute atomic E-state index is 12.8. The summed E-state index contributed by atoms with van der Waals surface area (Å²) in [5.74, 6) is 0.292. The minimum atomic E-state index is -3.65. The fraction of sp³-hybridized carbons (Fsp3) is 0.562. The minimum Gasteiger partial charge on any atom is -0.495 e. The highest BCUT2D eigenvalue weighted by atomic mass is 35.5. The van der Waals surface area contributed by atoms with Gasteiger partial charge in [0.15, 0.2) is 0 Å². The van der Waals surface area contributed by atoms with Crippen LogP contribution in [0.25, 0.3) is 0 Å². The summed E-state index contributed by atoms with van der Waals surface area (Å²) in [6, 6.07) is 3.94. The Morgan fingerprint density at radius 2 is 2.00 bits per heavy atom. The summed E-state index contributed by atoms with van der Waals surface area (Å²) < 4.78 is 31.1. The van der Waals surface area contributed by atoms with Gasteiger partial charge in [-0.1, -0.05) is 18.5 Å². The molecule has 1 aliphatic heterocycles. The first-order chi connectivity index (χ1) is 11.3. The molecule has 1 aliphatic rings. The van der Waals surface area contributed by atoms with Crippen molar-refractivity contribution in [3.05, 3.63) is 23.2 Å². The molecular formula is C16H23ClN2O4S. The summed E-state index contributed by atoms with van der Waals surface area (Å²) in [4.78, 5) is 14.5. The quantitative estimate of drug-likeness (QED) is 0.767. The fourth-order valence-electron chi connectivity index (χ4n) is 2.98. The van der Waals surface area contributed by atoms with E-state index in [0.717, 1.165) is 19.1 Å². The molecule has 2 rings (SSSR count). The van der Waals surface area contributed by atoms with Crippen molar-refractivity contribution >= 4 is 33.2 Å². The van der Waals surface area contributed by atoms with Crippen LogP contribution in [0.4, 0.5) is 5.69 Å². The zero-order valence-corrected chi connectivity index (χ0v) is 15.7. The van der Waals surface area contributed by atoms with E-state index in [1.165, 1.54) is 17.5 Å². The minimum absolute atomic E-state index is 0.160. The molecule has 1 amide bonds. The molecule has 8 heteroatoms. The largest absolute Gasteiger partial charge is 0.495 e. The molecule has 0 N–H and O–H groups in total. The van der Waals surface area contributed by atoms with E-state index >= 15 is 0 Å². The normalized spacial score (nSPS) is 16.1. The van der Waals surface area contributed by atoms with Crippen LogP contribution in [0, 0.1) is 0 Å². The number of hydrogen-bond acceptors (Lipinski definition) is 4. The van der Waals surface area contributed by atoms with E-state index in [1.54, 1.807) is 17.0 Å². The summed E-state index contributed by atoms with van der Waals surface area (Å²) in [6.07, 6.45) is 3.39. The average molecular weight is 375 g/mol. The van der Waals surface area contributed by atoms with Crippen LogP contribution >= 0.6 is 11.6 Å². The summed E-state index contributed by atoms with van der Waals surface area (Å²) in [7, 11) is -2.17. The van der Waals surface area contributed by atoms with Gasteiger partial charge >= 0.3 is 0 Å². The first kappa shape index (κ1) is 18.9. The van der Waals surface area contributed by atoms with Gasteiger partial charge in [0.2, 0.25) is 15.9 Å². The van der Waals surface area contributed by atoms with Crippen LogP contribution in [0.1, 0.15) is 26.2 Å². The van der Waals surface area contributed by atoms with Crippen molar-refractivity contribution in [3.8, 4) is 5.75 Å². The highest BCUT2D eigenvalue weighted by Gasteiger charge is 2.35. The van der Waals surface area contributed by atoms with Gasteiger partial charge in [0.25, 0.3) is 0 Å². The van der Waals surface area contributed by atoms with E-state index in [0.29, 0.717) is 36.0 Å². The first-order valence-electron chi connectivity index (χ1n) is 7.91. The molecule has 0 spiro atoms. The van der Waals surface area contributed by atoms with E-state index < -0.39 is 16.1 Å². The molecule has 0 radical (unpaired) electrons. The van der Waals surface area contributed by atoms with Gasteiger partial charge < -0.3 is 9.64 Å². The highest BCUT2D eigenvalue weighted by Crippen LogP contribution is 2.32. The molecule has 1 saturated heterocycles. The molecule has 134 valence electrons. The Labute approximate surface area is 148 Å². The molecule has 0 saturated carbocycles. The number of carbonyl (C=O) groups excluding carboxylic acids is 1. The molecule has 1 heterocycles. The van der Waals surface area contributed by atoms with E-state index in [4.69, 9.17) is 16.3 Å². The van der Waals surface area contributed by atoms with Crippen LogP contribution in [0.15, 0.2) is 18.2 Å². The second-order valence-electron chi connectivity index (χ2n) is 5.83. The number of anilines is 1. The Hall–Kier alpha value is -1.47. The van der Waals surface area contributed by atoms with Gasteiger partial charge in [0, 0.05) is 13.1 Å². The lowest BCUT2D eigenvalue weighted by Gasteiger charge is -2.32. The van der Waals surface area contributed by atoms with Gasteiger partial charge in [-0.25, -0.2) is 8.42 Å². The molecule has 0 bridgehead atoms. The Morgan fingerprint density at radius 1 is 1.38 bits per heavy atom. The molecular weight excluding hydrogens is 352 g/mol. The molecule has 6 nitrogen and oxygen atoms in total. The third-order valence-corrected chi connectivity index (χ3v) is 5.59. The molecule has 0 aromatic heterocycles. The standard InChI is InChI=1S/C16H23ClN2O4S/c1-4-14(16(20)18-9-5-6-10-18)19(24(3,21)22)12-7-8-15(23-2)13(17)11-12/h7-8,11,14H,4-6,9-10H2,1-3H3/t14-/m0/s1. The fourth-order valence-corrected chi connectivity index (χ4v) is 4.43. The monoisotopic (exact) mass is 374 g/mol. The second-order valence-corrected chi connectivity index (χ2v) is 8.10. The van der Waals surface area contributed by atoms with Crippen molar-refractivity contribution in [3.63, 3.8) is 0 Å². The summed E-state index contributed by atoms with van der Waals surface area (Å²) in [5.41, 5.74) is 0.364. The predicted molar refractivity (Wildman–Crippen MR) is 95.2 cm³/mol. The second kappa shape index (κ2) is 7.61. The maximum Gasteiger partial charge on any atom is 0.246 e. The van der Waals surface area contributed by atoms with E-state index in [-0.39, 0.29) is 5.91 Å². The van der Waals surface area contributed by atoms with Crippen LogP contribution in [0.3, 0.4) is 0 Å². The van der Waals surface area contributed by atoms with Crippen LogP contribution in [-0.4, -0.2) is 51.7 Å². The van der Waals surface area contributed by atoms with E-state index in [2.05, 4.69) is 0 Å². The summed E-state index contributed by atoms with van der Waals surface area (Å²) in [5, 5.41) is 0.298. The number of nitrogens with zero attached hydrogens (tertiary/aromatic N) is 2. The number of methoxy groups -OCH3 is 1. The van der Waals surface area contributed by atoms with Gasteiger partial charge in [0.05, 0.1) is 24.1 Å². The molecule has 1 aromatic carbocycles. The van der Waals surface area contributed by atoms with Gasteiger partial charge in [-0.05, 0) is 37.5 Å².